The highest BCUT2D eigenvalue weighted by Crippen LogP contribution is 2.45. The van der Waals surface area contributed by atoms with Crippen LogP contribution in [0.25, 0.3) is 0 Å². The van der Waals surface area contributed by atoms with Crippen LogP contribution in [0.4, 0.5) is 15.4 Å². The highest BCUT2D eigenvalue weighted by Gasteiger charge is 2.59. The van der Waals surface area contributed by atoms with Gasteiger partial charge in [-0.15, -0.1) is 0 Å². The summed E-state index contributed by atoms with van der Waals surface area (Å²) in [5.41, 5.74) is 1.85. The lowest BCUT2D eigenvalue weighted by Crippen LogP contribution is -2.76. The molecule has 1 unspecified atom stereocenters. The molecule has 4 amide bonds. The van der Waals surface area contributed by atoms with Gasteiger partial charge in [0.15, 0.2) is 8.24 Å². The van der Waals surface area contributed by atoms with Gasteiger partial charge in [0.25, 0.3) is 0 Å². The quantitative estimate of drug-likeness (QED) is 0.231. The molecule has 2 heterocycles. The number of methoxy groups -OCH3 is 1. The summed E-state index contributed by atoms with van der Waals surface area (Å²) < 4.78 is 18.3. The highest BCUT2D eigenvalue weighted by molar-refractivity contribution is 6.80. The maximum Gasteiger partial charge on any atom is 0.425 e. The van der Waals surface area contributed by atoms with Gasteiger partial charge in [-0.3, -0.25) is 9.59 Å². The SMILES string of the molecule is COc1cc(C)c(CNC(=O)[C@@H]2C(Cc3ccnc(N(C(=O)OC(C)(C)C)C(=O)OC(C)(C)C)c3)C(=O)N2[Si](C)(C)C(C)(C)C)c(C)c1. The molecule has 1 fully saturated rings. The van der Waals surface area contributed by atoms with Crippen LogP contribution in [0.5, 0.6) is 5.75 Å². The van der Waals surface area contributed by atoms with E-state index in [0.717, 1.165) is 27.3 Å². The third-order valence-electron chi connectivity index (χ3n) is 8.91. The van der Waals surface area contributed by atoms with Crippen LogP contribution in [0.2, 0.25) is 18.1 Å². The van der Waals surface area contributed by atoms with E-state index in [4.69, 9.17) is 14.2 Å². The van der Waals surface area contributed by atoms with E-state index in [1.807, 2.05) is 30.5 Å². The number of imide groups is 1. The van der Waals surface area contributed by atoms with Gasteiger partial charge in [0.05, 0.1) is 13.0 Å². The zero-order chi connectivity index (χ0) is 36.6. The third-order valence-corrected chi connectivity index (χ3v) is 14.3. The van der Waals surface area contributed by atoms with Crippen LogP contribution in [0.3, 0.4) is 0 Å². The molecule has 2 atom stereocenters. The Kier molecular flexibility index (Phi) is 11.1. The summed E-state index contributed by atoms with van der Waals surface area (Å²) in [6.45, 7) is 25.0. The largest absolute Gasteiger partial charge is 0.497 e. The van der Waals surface area contributed by atoms with E-state index >= 15 is 0 Å². The Hall–Kier alpha value is -3.93. The molecule has 264 valence electrons. The minimum Gasteiger partial charge on any atom is -0.497 e. The lowest BCUT2D eigenvalue weighted by molar-refractivity contribution is -0.155. The van der Waals surface area contributed by atoms with Crippen LogP contribution >= 0.6 is 0 Å². The number of amides is 4. The average Bonchev–Trinajstić information content (AvgIpc) is 2.91. The van der Waals surface area contributed by atoms with E-state index in [0.29, 0.717) is 12.1 Å². The van der Waals surface area contributed by atoms with Crippen LogP contribution in [0.15, 0.2) is 30.5 Å². The molecule has 0 spiro atoms. The molecule has 1 aromatic carbocycles. The number of aryl methyl sites for hydroxylation is 2. The number of rotatable bonds is 8. The van der Waals surface area contributed by atoms with Crippen molar-refractivity contribution < 1.29 is 33.4 Å². The van der Waals surface area contributed by atoms with Crippen molar-refractivity contribution in [3.8, 4) is 5.75 Å². The van der Waals surface area contributed by atoms with E-state index in [1.165, 1.54) is 6.20 Å². The van der Waals surface area contributed by atoms with Crippen molar-refractivity contribution in [2.45, 2.75) is 125 Å². The Morgan fingerprint density at radius 3 is 1.90 bits per heavy atom. The van der Waals surface area contributed by atoms with Crippen molar-refractivity contribution in [3.63, 3.8) is 0 Å². The second kappa shape index (κ2) is 13.9. The summed E-state index contributed by atoms with van der Waals surface area (Å²) in [5.74, 6) is -0.215. The standard InChI is InChI=1S/C36H54N4O7Si/c1-22-17-25(45-12)18-23(2)27(22)21-38-30(41)29-26(31(42)40(29)48(13,14)36(9,10)11)19-24-15-16-37-28(20-24)39(32(43)46-34(3,4)5)33(44)47-35(6,7)8/h15-18,20,26,29H,19,21H2,1-14H3,(H,38,41)/t26?,29-/m0/s1. The van der Waals surface area contributed by atoms with Crippen LogP contribution in [0.1, 0.15) is 84.6 Å². The number of hydrogen-bond donors (Lipinski definition) is 1. The Bertz CT molecular complexity index is 1500. The van der Waals surface area contributed by atoms with Gasteiger partial charge in [0.1, 0.15) is 28.8 Å². The number of carbonyl (C=O) groups excluding carboxylic acids is 4. The first-order valence-corrected chi connectivity index (χ1v) is 19.3. The number of benzene rings is 1. The number of pyridine rings is 1. The molecule has 3 rings (SSSR count). The minimum absolute atomic E-state index is 0.00418. The van der Waals surface area contributed by atoms with Crippen LogP contribution in [0, 0.1) is 19.8 Å². The van der Waals surface area contributed by atoms with Gasteiger partial charge in [-0.2, -0.15) is 4.90 Å². The first-order valence-electron chi connectivity index (χ1n) is 16.3. The molecule has 11 nitrogen and oxygen atoms in total. The number of ether oxygens (including phenoxy) is 3. The Balaban J connectivity index is 1.97. The molecule has 1 saturated heterocycles. The Morgan fingerprint density at radius 1 is 0.917 bits per heavy atom. The van der Waals surface area contributed by atoms with Crippen LogP contribution in [-0.2, 0) is 32.0 Å². The Labute approximate surface area is 286 Å². The number of β-lactam (4-membered cyclic amide) rings is 1. The number of nitrogens with one attached hydrogen (secondary N) is 1. The maximum absolute atomic E-state index is 14.0. The fourth-order valence-electron chi connectivity index (χ4n) is 5.50. The summed E-state index contributed by atoms with van der Waals surface area (Å²) in [6, 6.07) is 6.46. The van der Waals surface area contributed by atoms with Gasteiger partial charge >= 0.3 is 12.2 Å². The van der Waals surface area contributed by atoms with Gasteiger partial charge < -0.3 is 24.1 Å². The lowest BCUT2D eigenvalue weighted by Gasteiger charge is -2.57. The van der Waals surface area contributed by atoms with E-state index in [2.05, 4.69) is 44.2 Å². The first kappa shape index (κ1) is 38.5. The molecule has 0 aliphatic carbocycles. The third kappa shape index (κ3) is 8.75. The summed E-state index contributed by atoms with van der Waals surface area (Å²) >= 11 is 0. The molecule has 48 heavy (non-hydrogen) atoms. The summed E-state index contributed by atoms with van der Waals surface area (Å²) in [7, 11) is -0.831. The fraction of sp³-hybridized carbons (Fsp3) is 0.583. The molecule has 1 aliphatic rings. The fourth-order valence-corrected chi connectivity index (χ4v) is 7.94. The van der Waals surface area contributed by atoms with Crippen molar-refractivity contribution in [1.82, 2.24) is 14.9 Å². The van der Waals surface area contributed by atoms with Crippen molar-refractivity contribution in [2.24, 2.45) is 5.92 Å². The van der Waals surface area contributed by atoms with Gasteiger partial charge in [0, 0.05) is 12.7 Å². The summed E-state index contributed by atoms with van der Waals surface area (Å²) in [4.78, 5) is 59.6. The topological polar surface area (TPSA) is 127 Å². The molecule has 1 aliphatic heterocycles. The first-order chi connectivity index (χ1) is 21.9. The zero-order valence-corrected chi connectivity index (χ0v) is 32.2. The number of anilines is 1. The smallest absolute Gasteiger partial charge is 0.425 e. The molecule has 0 bridgehead atoms. The number of aromatic nitrogens is 1. The van der Waals surface area contributed by atoms with Crippen molar-refractivity contribution in [3.05, 3.63) is 52.7 Å². The molecule has 1 N–H and O–H groups in total. The van der Waals surface area contributed by atoms with Gasteiger partial charge in [0.2, 0.25) is 11.8 Å². The predicted molar refractivity (Wildman–Crippen MR) is 189 cm³/mol. The summed E-state index contributed by atoms with van der Waals surface area (Å²) in [6.07, 6.45) is -0.210. The Morgan fingerprint density at radius 2 is 1.44 bits per heavy atom. The van der Waals surface area contributed by atoms with Crippen molar-refractivity contribution >= 4 is 38.1 Å². The van der Waals surface area contributed by atoms with Gasteiger partial charge in [-0.25, -0.2) is 14.6 Å². The molecule has 1 aromatic heterocycles. The highest BCUT2D eigenvalue weighted by atomic mass is 28.3. The number of carbonyl (C=O) groups is 4. The zero-order valence-electron chi connectivity index (χ0n) is 31.2. The summed E-state index contributed by atoms with van der Waals surface area (Å²) in [5, 5.41) is 2.92. The minimum atomic E-state index is -2.45. The van der Waals surface area contributed by atoms with Crippen LogP contribution < -0.4 is 15.0 Å². The second-order valence-corrected chi connectivity index (χ2v) is 21.1. The van der Waals surface area contributed by atoms with E-state index in [9.17, 15) is 19.2 Å². The molecule has 0 radical (unpaired) electrons. The molecular weight excluding hydrogens is 629 g/mol. The molecule has 2 aromatic rings. The molecule has 0 saturated carbocycles. The van der Waals surface area contributed by atoms with Gasteiger partial charge in [-0.1, -0.05) is 33.9 Å². The second-order valence-electron chi connectivity index (χ2n) is 16.0. The van der Waals surface area contributed by atoms with Crippen molar-refractivity contribution in [1.29, 1.82) is 0 Å². The van der Waals surface area contributed by atoms with Gasteiger partial charge in [-0.05, 0) is 113 Å². The van der Waals surface area contributed by atoms with E-state index in [1.54, 1.807) is 60.8 Å². The average molecular weight is 683 g/mol. The normalized spacial score (nSPS) is 17.0. The monoisotopic (exact) mass is 682 g/mol. The molecular formula is C36H54N4O7Si. The molecule has 12 heteroatoms. The lowest BCUT2D eigenvalue weighted by atomic mass is 9.84. The number of nitrogens with zero attached hydrogens (tertiary/aromatic N) is 3. The van der Waals surface area contributed by atoms with Crippen LogP contribution in [-0.4, -0.2) is 66.1 Å². The number of hydrogen-bond acceptors (Lipinski definition) is 8. The van der Waals surface area contributed by atoms with E-state index < -0.39 is 43.6 Å². The predicted octanol–water partition coefficient (Wildman–Crippen LogP) is 7.07. The maximum atomic E-state index is 14.0. The van der Waals surface area contributed by atoms with Crippen molar-refractivity contribution in [2.75, 3.05) is 12.0 Å². The van der Waals surface area contributed by atoms with E-state index in [-0.39, 0.29) is 29.1 Å².